The van der Waals surface area contributed by atoms with Gasteiger partial charge in [-0.05, 0) is 50.1 Å². The summed E-state index contributed by atoms with van der Waals surface area (Å²) in [7, 11) is -4.12. The molecule has 1 saturated heterocycles. The highest BCUT2D eigenvalue weighted by atomic mass is 32.2. The Morgan fingerprint density at radius 1 is 1.29 bits per heavy atom. The molecule has 1 spiro atoms. The highest BCUT2D eigenvalue weighted by Gasteiger charge is 2.51. The van der Waals surface area contributed by atoms with Crippen LogP contribution in [0.15, 0.2) is 29.8 Å². The lowest BCUT2D eigenvalue weighted by Crippen LogP contribution is -2.42. The number of carbonyl (C=O) groups is 1. The van der Waals surface area contributed by atoms with Crippen molar-refractivity contribution in [1.29, 1.82) is 0 Å². The Bertz CT molecular complexity index is 952. The van der Waals surface area contributed by atoms with E-state index in [2.05, 4.69) is 4.72 Å². The van der Waals surface area contributed by atoms with Gasteiger partial charge in [-0.25, -0.2) is 17.6 Å². The summed E-state index contributed by atoms with van der Waals surface area (Å²) in [5, 5.41) is 17.7. The Hall–Kier alpha value is -2.05. The van der Waals surface area contributed by atoms with E-state index in [4.69, 9.17) is 14.2 Å². The number of esters is 1. The maximum Gasteiger partial charge on any atom is 0.335 e. The smallest absolute Gasteiger partial charge is 0.335 e. The van der Waals surface area contributed by atoms with Gasteiger partial charge < -0.3 is 24.4 Å². The van der Waals surface area contributed by atoms with Crippen molar-refractivity contribution in [3.63, 3.8) is 0 Å². The number of benzene rings is 1. The van der Waals surface area contributed by atoms with Gasteiger partial charge in [-0.3, -0.25) is 4.72 Å². The van der Waals surface area contributed by atoms with Gasteiger partial charge in [-0.15, -0.1) is 0 Å². The summed E-state index contributed by atoms with van der Waals surface area (Å²) < 4.78 is 58.6. The molecule has 3 N–H and O–H groups in total. The maximum absolute atomic E-state index is 13.4. The van der Waals surface area contributed by atoms with Crippen LogP contribution in [0.5, 0.6) is 0 Å². The number of halogens is 1. The molecule has 1 heterocycles. The van der Waals surface area contributed by atoms with Gasteiger partial charge >= 0.3 is 5.97 Å². The fourth-order valence-corrected chi connectivity index (χ4v) is 5.38. The molecule has 31 heavy (non-hydrogen) atoms. The molecule has 1 aromatic rings. The molecule has 2 aliphatic rings. The molecule has 1 fully saturated rings. The molecule has 11 heteroatoms. The number of hydrogen-bond donors (Lipinski definition) is 3. The van der Waals surface area contributed by atoms with Crippen LogP contribution < -0.4 is 4.72 Å². The molecular formula is C20H26FNO8S. The Morgan fingerprint density at radius 3 is 2.48 bits per heavy atom. The number of carbonyl (C=O) groups excluding carboxylic acids is 1. The number of ether oxygens (including phenoxy) is 3. The molecule has 0 bridgehead atoms. The number of aryl methyl sites for hydroxylation is 1. The quantitative estimate of drug-likeness (QED) is 0.515. The van der Waals surface area contributed by atoms with Gasteiger partial charge in [-0.2, -0.15) is 0 Å². The first-order chi connectivity index (χ1) is 14.6. The van der Waals surface area contributed by atoms with Crippen LogP contribution in [-0.4, -0.2) is 67.7 Å². The highest BCUT2D eigenvalue weighted by Crippen LogP contribution is 2.41. The average Bonchev–Trinajstić information content (AvgIpc) is 3.07. The largest absolute Gasteiger partial charge is 0.463 e. The molecule has 9 nitrogen and oxygen atoms in total. The minimum absolute atomic E-state index is 0.0285. The van der Waals surface area contributed by atoms with Crippen LogP contribution in [0.2, 0.25) is 0 Å². The molecule has 1 aromatic carbocycles. The van der Waals surface area contributed by atoms with Crippen LogP contribution >= 0.6 is 0 Å². The van der Waals surface area contributed by atoms with Crippen molar-refractivity contribution in [3.05, 3.63) is 41.2 Å². The fourth-order valence-electron chi connectivity index (χ4n) is 3.77. The third kappa shape index (κ3) is 4.90. The van der Waals surface area contributed by atoms with Crippen molar-refractivity contribution >= 4 is 21.7 Å². The predicted molar refractivity (Wildman–Crippen MR) is 108 cm³/mol. The van der Waals surface area contributed by atoms with Crippen molar-refractivity contribution in [3.8, 4) is 0 Å². The second-order valence-electron chi connectivity index (χ2n) is 7.44. The lowest BCUT2D eigenvalue weighted by atomic mass is 9.94. The average molecular weight is 459 g/mol. The number of sulfonamides is 1. The summed E-state index contributed by atoms with van der Waals surface area (Å²) in [4.78, 5) is 12.6. The van der Waals surface area contributed by atoms with Gasteiger partial charge in [0.2, 0.25) is 10.0 Å². The highest BCUT2D eigenvalue weighted by molar-refractivity contribution is 7.93. The Labute approximate surface area is 179 Å². The third-order valence-corrected chi connectivity index (χ3v) is 7.02. The van der Waals surface area contributed by atoms with Crippen LogP contribution in [0.3, 0.4) is 0 Å². The van der Waals surface area contributed by atoms with Crippen LogP contribution in [-0.2, 0) is 29.0 Å². The van der Waals surface area contributed by atoms with Gasteiger partial charge in [0.05, 0.1) is 31.1 Å². The zero-order valence-electron chi connectivity index (χ0n) is 17.2. The van der Waals surface area contributed by atoms with E-state index >= 15 is 0 Å². The lowest BCUT2D eigenvalue weighted by molar-refractivity contribution is -0.154. The van der Waals surface area contributed by atoms with Gasteiger partial charge in [-0.1, -0.05) is 0 Å². The molecule has 172 valence electrons. The van der Waals surface area contributed by atoms with E-state index in [1.54, 1.807) is 13.8 Å². The van der Waals surface area contributed by atoms with Crippen LogP contribution in [0.4, 0.5) is 10.1 Å². The van der Waals surface area contributed by atoms with Crippen molar-refractivity contribution in [2.75, 3.05) is 24.5 Å². The summed E-state index contributed by atoms with van der Waals surface area (Å²) in [6.45, 7) is 2.35. The van der Waals surface area contributed by atoms with Gasteiger partial charge in [0.15, 0.2) is 5.79 Å². The number of aliphatic hydroxyl groups is 2. The van der Waals surface area contributed by atoms with Gasteiger partial charge in [0.25, 0.3) is 0 Å². The first-order valence-corrected chi connectivity index (χ1v) is 11.4. The fraction of sp³-hybridized carbons (Fsp3) is 0.550. The zero-order chi connectivity index (χ0) is 22.8. The van der Waals surface area contributed by atoms with Crippen molar-refractivity contribution in [2.45, 2.75) is 49.9 Å². The topological polar surface area (TPSA) is 131 Å². The first kappa shape index (κ1) is 23.6. The van der Waals surface area contributed by atoms with Crippen molar-refractivity contribution < 1.29 is 42.0 Å². The molecule has 1 aliphatic heterocycles. The second kappa shape index (κ2) is 9.21. The molecule has 0 saturated carbocycles. The van der Waals surface area contributed by atoms with Crippen LogP contribution in [0.1, 0.15) is 25.3 Å². The Kier molecular flexibility index (Phi) is 7.01. The minimum Gasteiger partial charge on any atom is -0.463 e. The molecular weight excluding hydrogens is 433 g/mol. The number of hydrogen-bond acceptors (Lipinski definition) is 8. The molecule has 3 rings (SSSR count). The number of anilines is 1. The third-order valence-electron chi connectivity index (χ3n) is 5.28. The number of aliphatic hydroxyl groups excluding tert-OH is 2. The van der Waals surface area contributed by atoms with Crippen molar-refractivity contribution in [1.82, 2.24) is 0 Å². The summed E-state index contributed by atoms with van der Waals surface area (Å²) in [5.74, 6) is -2.80. The SMILES string of the molecule is CCOC(=O)C1=CC2(CCC1S(=O)(=O)Nc1ccc(F)cc1C)O[C@H](CO)[C@@H](CO)O2. The van der Waals surface area contributed by atoms with Crippen molar-refractivity contribution in [2.24, 2.45) is 0 Å². The predicted octanol–water partition coefficient (Wildman–Crippen LogP) is 0.993. The molecule has 0 radical (unpaired) electrons. The summed E-state index contributed by atoms with van der Waals surface area (Å²) in [6.07, 6.45) is -0.363. The summed E-state index contributed by atoms with van der Waals surface area (Å²) >= 11 is 0. The molecule has 1 aliphatic carbocycles. The monoisotopic (exact) mass is 459 g/mol. The molecule has 0 aromatic heterocycles. The van der Waals surface area contributed by atoms with E-state index in [0.717, 1.165) is 6.07 Å². The molecule has 1 unspecified atom stereocenters. The van der Waals surface area contributed by atoms with Gasteiger partial charge in [0.1, 0.15) is 23.3 Å². The van der Waals surface area contributed by atoms with E-state index in [9.17, 15) is 27.8 Å². The van der Waals surface area contributed by atoms with E-state index in [1.807, 2.05) is 0 Å². The summed E-state index contributed by atoms with van der Waals surface area (Å²) in [6, 6.07) is 3.63. The minimum atomic E-state index is -4.12. The van der Waals surface area contributed by atoms with E-state index in [-0.39, 0.29) is 30.7 Å². The Morgan fingerprint density at radius 2 is 1.94 bits per heavy atom. The lowest BCUT2D eigenvalue weighted by Gasteiger charge is -2.33. The van der Waals surface area contributed by atoms with E-state index in [0.29, 0.717) is 5.56 Å². The maximum atomic E-state index is 13.4. The molecule has 0 amide bonds. The molecule has 3 atom stereocenters. The standard InChI is InChI=1S/C20H26FNO8S/c1-3-28-19(25)14-9-20(29-16(10-23)17(11-24)30-20)7-6-18(14)31(26,27)22-15-5-4-13(21)8-12(15)2/h4-5,8-9,16-18,22-24H,3,6-7,10-11H2,1-2H3/t16-,17-,18?/m1/s1. The van der Waals surface area contributed by atoms with E-state index in [1.165, 1.54) is 18.2 Å². The van der Waals surface area contributed by atoms with Crippen LogP contribution in [0.25, 0.3) is 0 Å². The summed E-state index contributed by atoms with van der Waals surface area (Å²) in [5.41, 5.74) is 0.408. The number of nitrogens with one attached hydrogen (secondary N) is 1. The first-order valence-electron chi connectivity index (χ1n) is 9.89. The number of rotatable bonds is 7. The zero-order valence-corrected chi connectivity index (χ0v) is 18.0. The van der Waals surface area contributed by atoms with E-state index < -0.39 is 58.3 Å². The second-order valence-corrected chi connectivity index (χ2v) is 9.31. The van der Waals surface area contributed by atoms with Gasteiger partial charge in [0, 0.05) is 6.42 Å². The Balaban J connectivity index is 1.95. The normalized spacial score (nSPS) is 25.3. The van der Waals surface area contributed by atoms with Crippen LogP contribution in [0, 0.1) is 12.7 Å².